The van der Waals surface area contributed by atoms with Gasteiger partial charge in [-0.05, 0) is 19.0 Å². The van der Waals surface area contributed by atoms with Crippen molar-refractivity contribution in [2.24, 2.45) is 0 Å². The Labute approximate surface area is 88.0 Å². The van der Waals surface area contributed by atoms with E-state index in [1.165, 1.54) is 12.5 Å². The summed E-state index contributed by atoms with van der Waals surface area (Å²) in [7, 11) is -1.22. The number of hydrogen-bond acceptors (Lipinski definition) is 2. The van der Waals surface area contributed by atoms with Gasteiger partial charge in [0.2, 0.25) is 0 Å². The van der Waals surface area contributed by atoms with Gasteiger partial charge in [-0.1, -0.05) is 13.1 Å². The van der Waals surface area contributed by atoms with Crippen molar-refractivity contribution in [2.75, 3.05) is 6.54 Å². The fraction of sp³-hybridized carbons (Fsp3) is 0.727. The van der Waals surface area contributed by atoms with Gasteiger partial charge in [0.15, 0.2) is 0 Å². The highest BCUT2D eigenvalue weighted by Gasteiger charge is 2.38. The summed E-state index contributed by atoms with van der Waals surface area (Å²) in [5.41, 5.74) is 0. The van der Waals surface area contributed by atoms with Crippen LogP contribution in [0.5, 0.6) is 0 Å². The van der Waals surface area contributed by atoms with Crippen LogP contribution in [0, 0.1) is 23.7 Å². The lowest BCUT2D eigenvalue weighted by molar-refractivity contribution is 0.345. The molecule has 0 aromatic carbocycles. The standard InChI is InChI=1S/C11H18N2Si/c1-4-6-11(7-8-12)13-9-5-10-14(13,2)3/h1,11H,5-7,9-10H2,2-3H3. The van der Waals surface area contributed by atoms with E-state index in [1.807, 2.05) is 0 Å². The molecule has 0 aromatic rings. The zero-order chi connectivity index (χ0) is 10.6. The molecule has 0 aliphatic carbocycles. The van der Waals surface area contributed by atoms with Gasteiger partial charge in [-0.25, -0.2) is 0 Å². The van der Waals surface area contributed by atoms with E-state index in [0.717, 1.165) is 13.0 Å². The van der Waals surface area contributed by atoms with Crippen LogP contribution in [0.25, 0.3) is 0 Å². The summed E-state index contributed by atoms with van der Waals surface area (Å²) in [4.78, 5) is 0. The van der Waals surface area contributed by atoms with Crippen molar-refractivity contribution < 1.29 is 0 Å². The molecule has 1 heterocycles. The van der Waals surface area contributed by atoms with Crippen molar-refractivity contribution in [3.05, 3.63) is 0 Å². The van der Waals surface area contributed by atoms with E-state index in [9.17, 15) is 0 Å². The molecule has 3 heteroatoms. The lowest BCUT2D eigenvalue weighted by atomic mass is 10.1. The number of hydrogen-bond donors (Lipinski definition) is 0. The summed E-state index contributed by atoms with van der Waals surface area (Å²) in [5.74, 6) is 2.70. The fourth-order valence-corrected chi connectivity index (χ4v) is 5.58. The van der Waals surface area contributed by atoms with E-state index in [0.29, 0.717) is 12.5 Å². The van der Waals surface area contributed by atoms with Gasteiger partial charge in [-0.15, -0.1) is 12.3 Å². The molecule has 0 N–H and O–H groups in total. The maximum absolute atomic E-state index is 8.76. The topological polar surface area (TPSA) is 27.0 Å². The normalized spacial score (nSPS) is 22.6. The number of rotatable bonds is 3. The van der Waals surface area contributed by atoms with Crippen LogP contribution in [-0.4, -0.2) is 25.4 Å². The number of nitriles is 1. The largest absolute Gasteiger partial charge is 0.319 e. The van der Waals surface area contributed by atoms with Crippen molar-refractivity contribution in [1.82, 2.24) is 4.57 Å². The number of nitrogens with zero attached hydrogens (tertiary/aromatic N) is 2. The van der Waals surface area contributed by atoms with E-state index < -0.39 is 8.24 Å². The van der Waals surface area contributed by atoms with E-state index in [1.54, 1.807) is 0 Å². The zero-order valence-corrected chi connectivity index (χ0v) is 10.1. The second-order valence-electron chi connectivity index (χ2n) is 4.53. The lowest BCUT2D eigenvalue weighted by Crippen LogP contribution is -2.49. The second kappa shape index (κ2) is 4.64. The predicted molar refractivity (Wildman–Crippen MR) is 61.1 cm³/mol. The Hall–Kier alpha value is -0.773. The average molecular weight is 206 g/mol. The first kappa shape index (κ1) is 11.3. The molecule has 0 spiro atoms. The van der Waals surface area contributed by atoms with Crippen molar-refractivity contribution in [3.8, 4) is 18.4 Å². The Morgan fingerprint density at radius 3 is 2.64 bits per heavy atom. The smallest absolute Gasteiger partial charge is 0.122 e. The van der Waals surface area contributed by atoms with Crippen molar-refractivity contribution >= 4 is 8.24 Å². The van der Waals surface area contributed by atoms with Gasteiger partial charge in [0, 0.05) is 12.5 Å². The van der Waals surface area contributed by atoms with Gasteiger partial charge in [0.1, 0.15) is 8.24 Å². The summed E-state index contributed by atoms with van der Waals surface area (Å²) in [6, 6.07) is 3.91. The van der Waals surface area contributed by atoms with E-state index in [-0.39, 0.29) is 0 Å². The average Bonchev–Trinajstić information content (AvgIpc) is 2.45. The van der Waals surface area contributed by atoms with Crippen LogP contribution in [0.4, 0.5) is 0 Å². The molecule has 1 fully saturated rings. The summed E-state index contributed by atoms with van der Waals surface area (Å²) >= 11 is 0. The molecule has 1 saturated heterocycles. The van der Waals surface area contributed by atoms with Crippen molar-refractivity contribution in [1.29, 1.82) is 5.26 Å². The molecule has 0 bridgehead atoms. The van der Waals surface area contributed by atoms with Gasteiger partial charge >= 0.3 is 0 Å². The minimum Gasteiger partial charge on any atom is -0.319 e. The Balaban J connectivity index is 2.69. The fourth-order valence-electron chi connectivity index (χ4n) is 2.34. The molecule has 0 radical (unpaired) electrons. The summed E-state index contributed by atoms with van der Waals surface area (Å²) in [5, 5.41) is 8.76. The third-order valence-corrected chi connectivity index (χ3v) is 6.81. The maximum atomic E-state index is 8.76. The number of terminal acetylenes is 1. The molecule has 0 amide bonds. The Morgan fingerprint density at radius 2 is 2.21 bits per heavy atom. The first-order valence-electron chi connectivity index (χ1n) is 5.19. The highest BCUT2D eigenvalue weighted by atomic mass is 28.3. The Bertz CT molecular complexity index is 256. The lowest BCUT2D eigenvalue weighted by Gasteiger charge is -2.35. The minimum atomic E-state index is -1.22. The van der Waals surface area contributed by atoms with Crippen LogP contribution in [0.1, 0.15) is 19.3 Å². The Morgan fingerprint density at radius 1 is 1.50 bits per heavy atom. The maximum Gasteiger partial charge on any atom is 0.122 e. The monoisotopic (exact) mass is 206 g/mol. The predicted octanol–water partition coefficient (Wildman–Crippen LogP) is 2.20. The molecule has 1 rings (SSSR count). The first-order valence-corrected chi connectivity index (χ1v) is 8.34. The van der Waals surface area contributed by atoms with Crippen LogP contribution in [0.15, 0.2) is 0 Å². The van der Waals surface area contributed by atoms with Gasteiger partial charge < -0.3 is 4.57 Å². The minimum absolute atomic E-state index is 0.314. The summed E-state index contributed by atoms with van der Waals surface area (Å²) in [6.07, 6.45) is 7.94. The zero-order valence-electron chi connectivity index (χ0n) is 9.08. The molecule has 2 nitrogen and oxygen atoms in total. The molecule has 1 aliphatic rings. The molecule has 76 valence electrons. The highest BCUT2D eigenvalue weighted by Crippen LogP contribution is 2.29. The van der Waals surface area contributed by atoms with Gasteiger partial charge in [0.05, 0.1) is 12.5 Å². The van der Waals surface area contributed by atoms with E-state index >= 15 is 0 Å². The molecular weight excluding hydrogens is 188 g/mol. The van der Waals surface area contributed by atoms with Crippen LogP contribution in [0.2, 0.25) is 19.1 Å². The van der Waals surface area contributed by atoms with Crippen LogP contribution >= 0.6 is 0 Å². The quantitative estimate of drug-likeness (QED) is 0.523. The van der Waals surface area contributed by atoms with E-state index in [4.69, 9.17) is 11.7 Å². The third kappa shape index (κ3) is 2.38. The van der Waals surface area contributed by atoms with Crippen LogP contribution in [-0.2, 0) is 0 Å². The molecule has 0 saturated carbocycles. The Kier molecular flexibility index (Phi) is 3.75. The molecule has 1 unspecified atom stereocenters. The summed E-state index contributed by atoms with van der Waals surface area (Å²) < 4.78 is 2.54. The molecular formula is C11H18N2Si. The highest BCUT2D eigenvalue weighted by molar-refractivity contribution is 6.75. The van der Waals surface area contributed by atoms with Gasteiger partial charge in [-0.2, -0.15) is 5.26 Å². The molecule has 1 atom stereocenters. The van der Waals surface area contributed by atoms with Crippen LogP contribution in [0.3, 0.4) is 0 Å². The van der Waals surface area contributed by atoms with E-state index in [2.05, 4.69) is 29.6 Å². The SMILES string of the molecule is C#CCC(CC#N)N1CCC[Si]1(C)C. The van der Waals surface area contributed by atoms with Gasteiger partial charge in [-0.3, -0.25) is 0 Å². The first-order chi connectivity index (χ1) is 6.61. The molecule has 14 heavy (non-hydrogen) atoms. The van der Waals surface area contributed by atoms with Crippen LogP contribution < -0.4 is 0 Å². The van der Waals surface area contributed by atoms with Gasteiger partial charge in [0.25, 0.3) is 0 Å². The van der Waals surface area contributed by atoms with Crippen molar-refractivity contribution in [3.63, 3.8) is 0 Å². The third-order valence-electron chi connectivity index (χ3n) is 3.09. The summed E-state index contributed by atoms with van der Waals surface area (Å²) in [6.45, 7) is 5.90. The molecule has 1 aliphatic heterocycles. The molecule has 0 aromatic heterocycles. The van der Waals surface area contributed by atoms with Crippen molar-refractivity contribution in [2.45, 2.75) is 44.4 Å². The second-order valence-corrected chi connectivity index (χ2v) is 9.23.